The first-order chi connectivity index (χ1) is 14.7. The molecular formula is C20H23N7O3. The number of rotatable bonds is 8. The molecule has 0 spiro atoms. The van der Waals surface area contributed by atoms with Crippen LogP contribution in [0.5, 0.6) is 11.6 Å². The number of aliphatic hydroxyl groups excluding tert-OH is 1. The molecule has 3 aromatic rings. The lowest BCUT2D eigenvalue weighted by Gasteiger charge is -2.22. The lowest BCUT2D eigenvalue weighted by Crippen LogP contribution is -2.19. The predicted molar refractivity (Wildman–Crippen MR) is 111 cm³/mol. The third-order valence-corrected chi connectivity index (χ3v) is 4.60. The van der Waals surface area contributed by atoms with Crippen LogP contribution in [0.4, 0.5) is 11.8 Å². The van der Waals surface area contributed by atoms with Gasteiger partial charge >= 0.3 is 0 Å². The summed E-state index contributed by atoms with van der Waals surface area (Å²) in [4.78, 5) is 21.3. The Morgan fingerprint density at radius 3 is 2.73 bits per heavy atom. The Hall–Kier alpha value is -3.53. The minimum Gasteiger partial charge on any atom is -0.484 e. The van der Waals surface area contributed by atoms with Gasteiger partial charge in [0, 0.05) is 54.8 Å². The highest BCUT2D eigenvalue weighted by Crippen LogP contribution is 2.35. The van der Waals surface area contributed by atoms with E-state index in [4.69, 9.17) is 14.6 Å². The fourth-order valence-electron chi connectivity index (χ4n) is 3.06. The second-order valence-corrected chi connectivity index (χ2v) is 6.75. The molecule has 156 valence electrons. The van der Waals surface area contributed by atoms with E-state index < -0.39 is 0 Å². The summed E-state index contributed by atoms with van der Waals surface area (Å²) in [7, 11) is 0. The number of ether oxygens (including phenoxy) is 2. The van der Waals surface area contributed by atoms with E-state index >= 15 is 0 Å². The lowest BCUT2D eigenvalue weighted by atomic mass is 10.0. The summed E-state index contributed by atoms with van der Waals surface area (Å²) in [5, 5.41) is 15.1. The number of hydrogen-bond donors (Lipinski definition) is 3. The Morgan fingerprint density at radius 1 is 1.07 bits per heavy atom. The van der Waals surface area contributed by atoms with E-state index in [1.807, 2.05) is 12.1 Å². The third kappa shape index (κ3) is 4.54. The first-order valence-corrected chi connectivity index (χ1v) is 9.72. The second kappa shape index (κ2) is 9.31. The zero-order valence-electron chi connectivity index (χ0n) is 16.6. The number of fused-ring (bicyclic) bond motifs is 1. The van der Waals surface area contributed by atoms with E-state index in [0.717, 1.165) is 11.1 Å². The fourth-order valence-corrected chi connectivity index (χ4v) is 3.06. The SMILES string of the molecule is C[C@H](CNc1cc(-c2cnc(NCCO)nc2)ncn1)c1ccnc2c1OCCO2. The fraction of sp³-hybridized carbons (Fsp3) is 0.350. The van der Waals surface area contributed by atoms with Gasteiger partial charge in [0.2, 0.25) is 5.95 Å². The van der Waals surface area contributed by atoms with Crippen molar-refractivity contribution < 1.29 is 14.6 Å². The van der Waals surface area contributed by atoms with Crippen molar-refractivity contribution in [2.24, 2.45) is 0 Å². The van der Waals surface area contributed by atoms with Gasteiger partial charge in [0.25, 0.3) is 5.88 Å². The molecule has 0 amide bonds. The molecule has 10 nitrogen and oxygen atoms in total. The number of aromatic nitrogens is 5. The van der Waals surface area contributed by atoms with Crippen molar-refractivity contribution >= 4 is 11.8 Å². The molecule has 0 radical (unpaired) electrons. The maximum atomic E-state index is 8.85. The van der Waals surface area contributed by atoms with Crippen LogP contribution in [0.15, 0.2) is 37.1 Å². The van der Waals surface area contributed by atoms with Crippen LogP contribution in [0.3, 0.4) is 0 Å². The van der Waals surface area contributed by atoms with Gasteiger partial charge in [0.15, 0.2) is 5.75 Å². The van der Waals surface area contributed by atoms with E-state index in [1.165, 1.54) is 6.33 Å². The first kappa shape index (κ1) is 19.8. The van der Waals surface area contributed by atoms with Crippen LogP contribution in [0, 0.1) is 0 Å². The second-order valence-electron chi connectivity index (χ2n) is 6.75. The molecular weight excluding hydrogens is 386 g/mol. The van der Waals surface area contributed by atoms with Gasteiger partial charge in [-0.25, -0.2) is 24.9 Å². The highest BCUT2D eigenvalue weighted by molar-refractivity contribution is 5.61. The van der Waals surface area contributed by atoms with Crippen LogP contribution >= 0.6 is 0 Å². The number of aliphatic hydroxyl groups is 1. The standard InChI is InChI=1S/C20H23N7O3/c1-13(15-2-3-21-19-18(15)29-6-7-30-19)9-23-17-8-16(26-12-27-17)14-10-24-20(25-11-14)22-4-5-28/h2-3,8,10-13,28H,4-7,9H2,1H3,(H,22,24,25)(H,23,26,27)/t13-/m1/s1. The van der Waals surface area contributed by atoms with E-state index in [-0.39, 0.29) is 12.5 Å². The predicted octanol–water partition coefficient (Wildman–Crippen LogP) is 1.72. The summed E-state index contributed by atoms with van der Waals surface area (Å²) in [5.74, 6) is 2.58. The van der Waals surface area contributed by atoms with Crippen LogP contribution in [0.25, 0.3) is 11.3 Å². The molecule has 0 saturated heterocycles. The van der Waals surface area contributed by atoms with Crippen molar-refractivity contribution in [3.8, 4) is 22.9 Å². The summed E-state index contributed by atoms with van der Waals surface area (Å²) in [6.07, 6.45) is 6.61. The van der Waals surface area contributed by atoms with Crippen molar-refractivity contribution in [3.63, 3.8) is 0 Å². The Balaban J connectivity index is 1.42. The van der Waals surface area contributed by atoms with Crippen LogP contribution in [-0.4, -0.2) is 62.9 Å². The Bertz CT molecular complexity index is 984. The smallest absolute Gasteiger partial charge is 0.257 e. The van der Waals surface area contributed by atoms with Gasteiger partial charge in [-0.2, -0.15) is 0 Å². The van der Waals surface area contributed by atoms with E-state index in [2.05, 4.69) is 42.5 Å². The molecule has 30 heavy (non-hydrogen) atoms. The van der Waals surface area contributed by atoms with Gasteiger partial charge in [0.05, 0.1) is 12.3 Å². The molecule has 0 aliphatic carbocycles. The summed E-state index contributed by atoms with van der Waals surface area (Å²) < 4.78 is 11.3. The molecule has 1 atom stereocenters. The largest absolute Gasteiger partial charge is 0.484 e. The average Bonchev–Trinajstić information content (AvgIpc) is 2.81. The van der Waals surface area contributed by atoms with Crippen molar-refractivity contribution in [2.75, 3.05) is 43.5 Å². The topological polar surface area (TPSA) is 127 Å². The minimum absolute atomic E-state index is 0.0198. The summed E-state index contributed by atoms with van der Waals surface area (Å²) in [6, 6.07) is 3.81. The van der Waals surface area contributed by atoms with Gasteiger partial charge in [-0.15, -0.1) is 0 Å². The van der Waals surface area contributed by atoms with Crippen LogP contribution in [-0.2, 0) is 0 Å². The molecule has 0 fully saturated rings. The number of nitrogens with zero attached hydrogens (tertiary/aromatic N) is 5. The molecule has 0 unspecified atom stereocenters. The van der Waals surface area contributed by atoms with Crippen LogP contribution < -0.4 is 20.1 Å². The molecule has 1 aliphatic heterocycles. The van der Waals surface area contributed by atoms with Crippen molar-refractivity contribution in [1.29, 1.82) is 0 Å². The third-order valence-electron chi connectivity index (χ3n) is 4.60. The van der Waals surface area contributed by atoms with E-state index in [1.54, 1.807) is 18.6 Å². The quantitative estimate of drug-likeness (QED) is 0.506. The summed E-state index contributed by atoms with van der Waals surface area (Å²) in [6.45, 7) is 4.22. The van der Waals surface area contributed by atoms with E-state index in [9.17, 15) is 0 Å². The molecule has 4 rings (SSSR count). The molecule has 3 N–H and O–H groups in total. The van der Waals surface area contributed by atoms with Gasteiger partial charge in [-0.05, 0) is 6.07 Å². The zero-order valence-corrected chi connectivity index (χ0v) is 16.6. The molecule has 0 saturated carbocycles. The van der Waals surface area contributed by atoms with Crippen molar-refractivity contribution in [2.45, 2.75) is 12.8 Å². The molecule has 0 aromatic carbocycles. The Kier molecular flexibility index (Phi) is 6.14. The van der Waals surface area contributed by atoms with Crippen LogP contribution in [0.1, 0.15) is 18.4 Å². The number of nitrogens with one attached hydrogen (secondary N) is 2. The molecule has 3 aromatic heterocycles. The first-order valence-electron chi connectivity index (χ1n) is 9.72. The minimum atomic E-state index is 0.0198. The molecule has 1 aliphatic rings. The maximum absolute atomic E-state index is 8.85. The monoisotopic (exact) mass is 409 g/mol. The van der Waals surface area contributed by atoms with Gasteiger partial charge in [-0.3, -0.25) is 0 Å². The summed E-state index contributed by atoms with van der Waals surface area (Å²) >= 11 is 0. The number of hydrogen-bond acceptors (Lipinski definition) is 10. The molecule has 0 bridgehead atoms. The molecule has 10 heteroatoms. The van der Waals surface area contributed by atoms with Gasteiger partial charge in [0.1, 0.15) is 25.4 Å². The Labute approximate surface area is 173 Å². The normalized spacial score (nSPS) is 13.5. The maximum Gasteiger partial charge on any atom is 0.257 e. The van der Waals surface area contributed by atoms with Crippen molar-refractivity contribution in [1.82, 2.24) is 24.9 Å². The van der Waals surface area contributed by atoms with Gasteiger partial charge in [-0.1, -0.05) is 6.92 Å². The summed E-state index contributed by atoms with van der Waals surface area (Å²) in [5.41, 5.74) is 2.53. The van der Waals surface area contributed by atoms with Gasteiger partial charge < -0.3 is 25.2 Å². The number of anilines is 2. The van der Waals surface area contributed by atoms with E-state index in [0.29, 0.717) is 55.4 Å². The number of pyridine rings is 1. The van der Waals surface area contributed by atoms with Crippen LogP contribution in [0.2, 0.25) is 0 Å². The lowest BCUT2D eigenvalue weighted by molar-refractivity contribution is 0.162. The van der Waals surface area contributed by atoms with Crippen molar-refractivity contribution in [3.05, 3.63) is 42.6 Å². The molecule has 4 heterocycles. The zero-order chi connectivity index (χ0) is 20.8. The average molecular weight is 409 g/mol. The highest BCUT2D eigenvalue weighted by atomic mass is 16.6. The Morgan fingerprint density at radius 2 is 1.90 bits per heavy atom. The highest BCUT2D eigenvalue weighted by Gasteiger charge is 2.20.